The number of hydrogen-bond donors (Lipinski definition) is 0. The highest BCUT2D eigenvalue weighted by atomic mass is 16.6. The van der Waals surface area contributed by atoms with Crippen molar-refractivity contribution in [3.8, 4) is 5.75 Å². The van der Waals surface area contributed by atoms with Crippen molar-refractivity contribution in [3.05, 3.63) is 70.2 Å². The van der Waals surface area contributed by atoms with Crippen molar-refractivity contribution < 1.29 is 23.9 Å². The molecule has 1 saturated heterocycles. The minimum atomic E-state index is -0.796. The second-order valence-electron chi connectivity index (χ2n) is 10.0. The van der Waals surface area contributed by atoms with Crippen LogP contribution >= 0.6 is 0 Å². The van der Waals surface area contributed by atoms with E-state index >= 15 is 0 Å². The van der Waals surface area contributed by atoms with E-state index in [0.29, 0.717) is 22.3 Å². The van der Waals surface area contributed by atoms with Crippen LogP contribution in [0.2, 0.25) is 0 Å². The third-order valence-electron chi connectivity index (χ3n) is 6.23. The van der Waals surface area contributed by atoms with Crippen LogP contribution in [0.4, 0.5) is 0 Å². The van der Waals surface area contributed by atoms with Crippen molar-refractivity contribution in [3.63, 3.8) is 0 Å². The number of rotatable bonds is 6. The molecule has 0 saturated carbocycles. The predicted molar refractivity (Wildman–Crippen MR) is 139 cm³/mol. The number of methoxy groups -OCH3 is 1. The van der Waals surface area contributed by atoms with Gasteiger partial charge < -0.3 is 9.47 Å². The molecule has 2 heterocycles. The zero-order valence-corrected chi connectivity index (χ0v) is 21.7. The molecular weight excluding hydrogens is 474 g/mol. The third kappa shape index (κ3) is 5.50. The average molecular weight is 506 g/mol. The van der Waals surface area contributed by atoms with Crippen molar-refractivity contribution in [2.24, 2.45) is 7.05 Å². The molecule has 194 valence electrons. The molecule has 9 nitrogen and oxygen atoms in total. The topological polar surface area (TPSA) is 99.8 Å². The number of piperidine rings is 1. The fourth-order valence-electron chi connectivity index (χ4n) is 4.43. The Morgan fingerprint density at radius 3 is 2.41 bits per heavy atom. The molecule has 1 aromatic heterocycles. The summed E-state index contributed by atoms with van der Waals surface area (Å²) in [6.07, 6.45) is 3.37. The number of aryl methyl sites for hydroxylation is 1. The van der Waals surface area contributed by atoms with Crippen LogP contribution in [0.5, 0.6) is 5.75 Å². The number of carbonyl (C=O) groups is 3. The number of nitrogens with zero attached hydrogens (tertiary/aromatic N) is 3. The maximum atomic E-state index is 13.5. The molecule has 1 fully saturated rings. The Bertz CT molecular complexity index is 1440. The molecule has 0 aliphatic carbocycles. The van der Waals surface area contributed by atoms with Gasteiger partial charge in [0.15, 0.2) is 0 Å². The minimum Gasteiger partial charge on any atom is -0.497 e. The lowest BCUT2D eigenvalue weighted by Crippen LogP contribution is -2.47. The van der Waals surface area contributed by atoms with E-state index in [2.05, 4.69) is 0 Å². The quantitative estimate of drug-likeness (QED) is 0.288. The van der Waals surface area contributed by atoms with E-state index in [4.69, 9.17) is 9.47 Å². The highest BCUT2D eigenvalue weighted by molar-refractivity contribution is 6.00. The number of amides is 2. The van der Waals surface area contributed by atoms with Crippen LogP contribution in [-0.2, 0) is 32.7 Å². The number of aromatic nitrogens is 2. The summed E-state index contributed by atoms with van der Waals surface area (Å²) in [4.78, 5) is 52.6. The molecule has 1 atom stereocenters. The smallest absolute Gasteiger partial charge is 0.331 e. The fraction of sp³-hybridized carbons (Fsp3) is 0.357. The Morgan fingerprint density at radius 2 is 1.76 bits per heavy atom. The number of fused-ring (bicyclic) bond motifs is 1. The highest BCUT2D eigenvalue weighted by Gasteiger charge is 2.37. The van der Waals surface area contributed by atoms with Crippen molar-refractivity contribution in [1.82, 2.24) is 14.0 Å². The fourth-order valence-corrected chi connectivity index (χ4v) is 4.43. The first-order chi connectivity index (χ1) is 17.5. The van der Waals surface area contributed by atoms with Crippen LogP contribution in [-0.4, -0.2) is 44.5 Å². The van der Waals surface area contributed by atoms with Crippen molar-refractivity contribution in [2.45, 2.75) is 51.8 Å². The molecule has 0 spiro atoms. The first kappa shape index (κ1) is 25.9. The molecule has 0 radical (unpaired) electrons. The number of ether oxygens (including phenoxy) is 2. The normalized spacial score (nSPS) is 16.6. The molecule has 1 aliphatic heterocycles. The molecule has 2 amide bonds. The summed E-state index contributed by atoms with van der Waals surface area (Å²) in [5.74, 6) is -0.454. The summed E-state index contributed by atoms with van der Waals surface area (Å²) in [6, 6.07) is 11.7. The van der Waals surface area contributed by atoms with E-state index in [1.807, 2.05) is 0 Å². The molecule has 4 rings (SSSR count). The number of likely N-dealkylation sites (tertiary alicyclic amines) is 1. The van der Waals surface area contributed by atoms with Gasteiger partial charge in [-0.05, 0) is 68.7 Å². The lowest BCUT2D eigenvalue weighted by atomic mass is 10.0. The molecule has 9 heteroatoms. The summed E-state index contributed by atoms with van der Waals surface area (Å²) < 4.78 is 13.4. The van der Waals surface area contributed by atoms with Gasteiger partial charge in [-0.3, -0.25) is 23.6 Å². The van der Waals surface area contributed by atoms with Crippen LogP contribution < -0.4 is 10.4 Å². The summed E-state index contributed by atoms with van der Waals surface area (Å²) >= 11 is 0. The Hall–Kier alpha value is -4.14. The summed E-state index contributed by atoms with van der Waals surface area (Å²) in [5.41, 5.74) is 1.75. The highest BCUT2D eigenvalue weighted by Crippen LogP contribution is 2.28. The molecular formula is C28H31N3O6. The molecule has 37 heavy (non-hydrogen) atoms. The lowest BCUT2D eigenvalue weighted by Gasteiger charge is -2.31. The maximum Gasteiger partial charge on any atom is 0.331 e. The van der Waals surface area contributed by atoms with Gasteiger partial charge in [-0.2, -0.15) is 0 Å². The van der Waals surface area contributed by atoms with E-state index in [9.17, 15) is 19.2 Å². The zero-order chi connectivity index (χ0) is 26.9. The van der Waals surface area contributed by atoms with Gasteiger partial charge in [0.2, 0.25) is 5.91 Å². The first-order valence-electron chi connectivity index (χ1n) is 12.1. The number of esters is 1. The monoisotopic (exact) mass is 505 g/mol. The number of imide groups is 1. The van der Waals surface area contributed by atoms with Crippen molar-refractivity contribution in [2.75, 3.05) is 7.11 Å². The Labute approximate surface area is 214 Å². The van der Waals surface area contributed by atoms with Gasteiger partial charge in [0, 0.05) is 19.5 Å². The van der Waals surface area contributed by atoms with E-state index in [-0.39, 0.29) is 31.0 Å². The Balaban J connectivity index is 1.62. The summed E-state index contributed by atoms with van der Waals surface area (Å²) in [5, 5.41) is 0. The van der Waals surface area contributed by atoms with Gasteiger partial charge in [0.25, 0.3) is 5.91 Å². The second kappa shape index (κ2) is 10.1. The van der Waals surface area contributed by atoms with Crippen LogP contribution in [0.15, 0.2) is 53.3 Å². The second-order valence-corrected chi connectivity index (χ2v) is 10.0. The Morgan fingerprint density at radius 1 is 1.05 bits per heavy atom. The van der Waals surface area contributed by atoms with Gasteiger partial charge in [-0.1, -0.05) is 18.2 Å². The predicted octanol–water partition coefficient (Wildman–Crippen LogP) is 3.59. The molecule has 3 aromatic rings. The molecule has 2 aromatic carbocycles. The van der Waals surface area contributed by atoms with Gasteiger partial charge in [-0.25, -0.2) is 9.59 Å². The van der Waals surface area contributed by atoms with Gasteiger partial charge in [-0.15, -0.1) is 0 Å². The maximum absolute atomic E-state index is 13.5. The van der Waals surface area contributed by atoms with Crippen LogP contribution in [0.3, 0.4) is 0 Å². The number of imidazole rings is 1. The van der Waals surface area contributed by atoms with Gasteiger partial charge in [0.1, 0.15) is 17.4 Å². The van der Waals surface area contributed by atoms with Crippen molar-refractivity contribution in [1.29, 1.82) is 0 Å². The third-order valence-corrected chi connectivity index (χ3v) is 6.23. The minimum absolute atomic E-state index is 0.122. The van der Waals surface area contributed by atoms with Crippen LogP contribution in [0, 0.1) is 0 Å². The van der Waals surface area contributed by atoms with E-state index in [1.165, 1.54) is 20.1 Å². The SMILES string of the molecule is COc1ccc(CN2C(=O)CCC(n3c(=O)n(C)c4cc(/C=C/C(=O)OC(C)(C)C)ccc43)C2=O)cc1. The number of carbonyl (C=O) groups excluding carboxylic acids is 3. The van der Waals surface area contributed by atoms with Gasteiger partial charge in [0.05, 0.1) is 24.7 Å². The lowest BCUT2D eigenvalue weighted by molar-refractivity contribution is -0.152. The van der Waals surface area contributed by atoms with Crippen LogP contribution in [0.1, 0.15) is 50.8 Å². The van der Waals surface area contributed by atoms with Crippen molar-refractivity contribution >= 4 is 34.9 Å². The summed E-state index contributed by atoms with van der Waals surface area (Å²) in [6.45, 7) is 5.50. The van der Waals surface area contributed by atoms with E-state index in [0.717, 1.165) is 5.56 Å². The molecule has 1 aliphatic rings. The standard InChI is InChI=1S/C28H31N3O6/c1-28(2,3)37-25(33)15-9-18-8-12-21-23(16-18)29(4)27(35)31(21)22-13-14-24(32)30(26(22)34)17-19-6-10-20(36-5)11-7-19/h6-12,15-16,22H,13-14,17H2,1-5H3/b15-9+. The molecule has 0 bridgehead atoms. The molecule has 0 N–H and O–H groups in total. The Kier molecular flexibility index (Phi) is 7.07. The van der Waals surface area contributed by atoms with Gasteiger partial charge >= 0.3 is 11.7 Å². The summed E-state index contributed by atoms with van der Waals surface area (Å²) in [7, 11) is 3.20. The number of benzene rings is 2. The van der Waals surface area contributed by atoms with Crippen LogP contribution in [0.25, 0.3) is 17.1 Å². The number of hydrogen-bond acceptors (Lipinski definition) is 6. The average Bonchev–Trinajstić information content (AvgIpc) is 3.09. The first-order valence-corrected chi connectivity index (χ1v) is 12.1. The molecule has 1 unspecified atom stereocenters. The largest absolute Gasteiger partial charge is 0.497 e. The van der Waals surface area contributed by atoms with E-state index < -0.39 is 23.5 Å². The van der Waals surface area contributed by atoms with E-state index in [1.54, 1.807) is 83.5 Å². The zero-order valence-electron chi connectivity index (χ0n) is 21.7.